The van der Waals surface area contributed by atoms with Crippen molar-refractivity contribution in [2.75, 3.05) is 25.5 Å². The van der Waals surface area contributed by atoms with Gasteiger partial charge in [-0.3, -0.25) is 4.79 Å². The Morgan fingerprint density at radius 2 is 2.33 bits per heavy atom. The molecule has 0 aliphatic heterocycles. The van der Waals surface area contributed by atoms with Crippen LogP contribution in [0.5, 0.6) is 0 Å². The summed E-state index contributed by atoms with van der Waals surface area (Å²) in [6.07, 6.45) is 2.29. The molecule has 0 saturated carbocycles. The van der Waals surface area contributed by atoms with Crippen molar-refractivity contribution < 1.29 is 4.79 Å². The van der Waals surface area contributed by atoms with Crippen LogP contribution >= 0.6 is 0 Å². The highest BCUT2D eigenvalue weighted by atomic mass is 16.2. The first-order chi connectivity index (χ1) is 7.24. The second kappa shape index (κ2) is 6.01. The molecule has 0 saturated heterocycles. The molecule has 4 heteroatoms. The number of hydrogen-bond acceptors (Lipinski definition) is 3. The van der Waals surface area contributed by atoms with Crippen molar-refractivity contribution in [2.45, 2.75) is 13.3 Å². The maximum absolute atomic E-state index is 11.2. The molecule has 0 aromatic carbocycles. The molecule has 1 heterocycles. The van der Waals surface area contributed by atoms with E-state index in [4.69, 9.17) is 0 Å². The number of nitrogens with one attached hydrogen (secondary N) is 1. The van der Waals surface area contributed by atoms with Crippen molar-refractivity contribution in [1.82, 2.24) is 9.88 Å². The van der Waals surface area contributed by atoms with Crippen LogP contribution in [0.1, 0.15) is 13.3 Å². The normalized spacial score (nSPS) is 9.73. The third-order valence-electron chi connectivity index (χ3n) is 2.15. The maximum Gasteiger partial charge on any atom is 0.222 e. The van der Waals surface area contributed by atoms with Crippen molar-refractivity contribution in [3.05, 3.63) is 24.4 Å². The Labute approximate surface area is 90.3 Å². The van der Waals surface area contributed by atoms with Crippen LogP contribution in [0.2, 0.25) is 0 Å². The second-order valence-electron chi connectivity index (χ2n) is 3.31. The van der Waals surface area contributed by atoms with Gasteiger partial charge in [-0.2, -0.15) is 0 Å². The molecule has 1 rings (SSSR count). The van der Waals surface area contributed by atoms with Gasteiger partial charge in [0.15, 0.2) is 0 Å². The van der Waals surface area contributed by atoms with Crippen LogP contribution in [0.25, 0.3) is 0 Å². The lowest BCUT2D eigenvalue weighted by molar-refractivity contribution is -0.129. The molecule has 82 valence electrons. The Hall–Kier alpha value is -1.58. The quantitative estimate of drug-likeness (QED) is 0.793. The Balaban J connectivity index is 2.25. The average Bonchev–Trinajstić information content (AvgIpc) is 2.29. The molecule has 1 N–H and O–H groups in total. The van der Waals surface area contributed by atoms with E-state index in [0.717, 1.165) is 12.4 Å². The summed E-state index contributed by atoms with van der Waals surface area (Å²) in [5.74, 6) is 1.01. The Kier molecular flexibility index (Phi) is 4.60. The van der Waals surface area contributed by atoms with Crippen molar-refractivity contribution in [2.24, 2.45) is 0 Å². The molecule has 0 bridgehead atoms. The largest absolute Gasteiger partial charge is 0.368 e. The molecular weight excluding hydrogens is 190 g/mol. The summed E-state index contributed by atoms with van der Waals surface area (Å²) in [7, 11) is 1.81. The topological polar surface area (TPSA) is 45.2 Å². The molecular formula is C11H17N3O. The van der Waals surface area contributed by atoms with E-state index >= 15 is 0 Å². The number of anilines is 1. The SMILES string of the molecule is CCC(=O)N(C)CCNc1ccccn1. The first-order valence-corrected chi connectivity index (χ1v) is 5.13. The summed E-state index contributed by atoms with van der Waals surface area (Å²) in [6.45, 7) is 3.29. The molecule has 4 nitrogen and oxygen atoms in total. The van der Waals surface area contributed by atoms with Crippen LogP contribution < -0.4 is 5.32 Å². The minimum atomic E-state index is 0.165. The van der Waals surface area contributed by atoms with Gasteiger partial charge >= 0.3 is 0 Å². The first-order valence-electron chi connectivity index (χ1n) is 5.13. The molecule has 1 aromatic heterocycles. The lowest BCUT2D eigenvalue weighted by atomic mass is 10.4. The predicted molar refractivity (Wildman–Crippen MR) is 60.7 cm³/mol. The monoisotopic (exact) mass is 207 g/mol. The van der Waals surface area contributed by atoms with Crippen LogP contribution in [0.15, 0.2) is 24.4 Å². The van der Waals surface area contributed by atoms with Gasteiger partial charge in [-0.1, -0.05) is 13.0 Å². The third-order valence-corrected chi connectivity index (χ3v) is 2.15. The fourth-order valence-corrected chi connectivity index (χ4v) is 1.21. The molecule has 0 unspecified atom stereocenters. The van der Waals surface area contributed by atoms with Crippen molar-refractivity contribution >= 4 is 11.7 Å². The molecule has 0 radical (unpaired) electrons. The highest BCUT2D eigenvalue weighted by Gasteiger charge is 2.04. The van der Waals surface area contributed by atoms with Gasteiger partial charge in [0.1, 0.15) is 5.82 Å². The van der Waals surface area contributed by atoms with Gasteiger partial charge in [0, 0.05) is 32.8 Å². The Morgan fingerprint density at radius 3 is 2.93 bits per heavy atom. The molecule has 0 aliphatic carbocycles. The van der Waals surface area contributed by atoms with Gasteiger partial charge in [-0.15, -0.1) is 0 Å². The molecule has 1 amide bonds. The number of hydrogen-bond donors (Lipinski definition) is 1. The zero-order chi connectivity index (χ0) is 11.1. The Morgan fingerprint density at radius 1 is 1.53 bits per heavy atom. The third kappa shape index (κ3) is 3.97. The van der Waals surface area contributed by atoms with E-state index < -0.39 is 0 Å². The summed E-state index contributed by atoms with van der Waals surface area (Å²) in [5, 5.41) is 3.15. The summed E-state index contributed by atoms with van der Waals surface area (Å²) >= 11 is 0. The van der Waals surface area contributed by atoms with Crippen LogP contribution in [-0.4, -0.2) is 35.9 Å². The van der Waals surface area contributed by atoms with E-state index in [-0.39, 0.29) is 5.91 Å². The van der Waals surface area contributed by atoms with E-state index in [1.807, 2.05) is 32.2 Å². The Bertz CT molecular complexity index is 300. The van der Waals surface area contributed by atoms with Gasteiger partial charge in [-0.05, 0) is 12.1 Å². The van der Waals surface area contributed by atoms with Crippen molar-refractivity contribution in [3.63, 3.8) is 0 Å². The fraction of sp³-hybridized carbons (Fsp3) is 0.455. The van der Waals surface area contributed by atoms with Gasteiger partial charge in [0.05, 0.1) is 0 Å². The highest BCUT2D eigenvalue weighted by molar-refractivity contribution is 5.75. The summed E-state index contributed by atoms with van der Waals surface area (Å²) in [5.41, 5.74) is 0. The van der Waals surface area contributed by atoms with Crippen molar-refractivity contribution in [3.8, 4) is 0 Å². The molecule has 1 aromatic rings. The second-order valence-corrected chi connectivity index (χ2v) is 3.31. The fourth-order valence-electron chi connectivity index (χ4n) is 1.21. The van der Waals surface area contributed by atoms with Crippen molar-refractivity contribution in [1.29, 1.82) is 0 Å². The van der Waals surface area contributed by atoms with E-state index in [2.05, 4.69) is 10.3 Å². The summed E-state index contributed by atoms with van der Waals surface area (Å²) < 4.78 is 0. The number of aromatic nitrogens is 1. The average molecular weight is 207 g/mol. The molecule has 0 aliphatic rings. The van der Waals surface area contributed by atoms with Crippen LogP contribution in [0.3, 0.4) is 0 Å². The van der Waals surface area contributed by atoms with Crippen LogP contribution in [-0.2, 0) is 4.79 Å². The number of likely N-dealkylation sites (N-methyl/N-ethyl adjacent to an activating group) is 1. The minimum Gasteiger partial charge on any atom is -0.368 e. The van der Waals surface area contributed by atoms with E-state index in [0.29, 0.717) is 13.0 Å². The molecule has 15 heavy (non-hydrogen) atoms. The number of rotatable bonds is 5. The lowest BCUT2D eigenvalue weighted by Crippen LogP contribution is -2.30. The smallest absolute Gasteiger partial charge is 0.222 e. The van der Waals surface area contributed by atoms with Gasteiger partial charge < -0.3 is 10.2 Å². The zero-order valence-electron chi connectivity index (χ0n) is 9.23. The predicted octanol–water partition coefficient (Wildman–Crippen LogP) is 1.36. The lowest BCUT2D eigenvalue weighted by Gasteiger charge is -2.16. The minimum absolute atomic E-state index is 0.165. The number of carbonyl (C=O) groups excluding carboxylic acids is 1. The maximum atomic E-state index is 11.2. The molecule has 0 fully saturated rings. The number of nitrogens with zero attached hydrogens (tertiary/aromatic N) is 2. The standard InChI is InChI=1S/C11H17N3O/c1-3-11(15)14(2)9-8-13-10-6-4-5-7-12-10/h4-7H,3,8-9H2,1-2H3,(H,12,13). The first kappa shape index (κ1) is 11.5. The number of carbonyl (C=O) groups is 1. The summed E-state index contributed by atoms with van der Waals surface area (Å²) in [6, 6.07) is 5.70. The highest BCUT2D eigenvalue weighted by Crippen LogP contribution is 1.98. The molecule has 0 atom stereocenters. The van der Waals surface area contributed by atoms with Gasteiger partial charge in [0.2, 0.25) is 5.91 Å². The van der Waals surface area contributed by atoms with Crippen LogP contribution in [0.4, 0.5) is 5.82 Å². The van der Waals surface area contributed by atoms with E-state index in [9.17, 15) is 4.79 Å². The molecule has 0 spiro atoms. The van der Waals surface area contributed by atoms with Gasteiger partial charge in [0.25, 0.3) is 0 Å². The number of pyridine rings is 1. The summed E-state index contributed by atoms with van der Waals surface area (Å²) in [4.78, 5) is 17.1. The zero-order valence-corrected chi connectivity index (χ0v) is 9.23. The van der Waals surface area contributed by atoms with E-state index in [1.165, 1.54) is 0 Å². The van der Waals surface area contributed by atoms with Crippen LogP contribution in [0, 0.1) is 0 Å². The number of amides is 1. The van der Waals surface area contributed by atoms with Gasteiger partial charge in [-0.25, -0.2) is 4.98 Å². The van der Waals surface area contributed by atoms with E-state index in [1.54, 1.807) is 11.1 Å².